The Hall–Kier alpha value is -3.20. The van der Waals surface area contributed by atoms with Gasteiger partial charge in [0.25, 0.3) is 5.91 Å². The second-order valence-electron chi connectivity index (χ2n) is 7.18. The summed E-state index contributed by atoms with van der Waals surface area (Å²) in [4.78, 5) is 42.5. The first-order chi connectivity index (χ1) is 14.6. The Morgan fingerprint density at radius 3 is 3.00 bits per heavy atom. The number of amides is 1. The van der Waals surface area contributed by atoms with Crippen LogP contribution in [0, 0.1) is 0 Å². The fourth-order valence-corrected chi connectivity index (χ4v) is 3.67. The van der Waals surface area contributed by atoms with E-state index < -0.39 is 5.97 Å². The van der Waals surface area contributed by atoms with Gasteiger partial charge in [0, 0.05) is 25.6 Å². The summed E-state index contributed by atoms with van der Waals surface area (Å²) in [7, 11) is 1.29. The summed E-state index contributed by atoms with van der Waals surface area (Å²) in [5.41, 5.74) is 1.04. The van der Waals surface area contributed by atoms with Crippen LogP contribution in [-0.2, 0) is 15.9 Å². The molecule has 4 rings (SSSR count). The number of Topliss-reactive ketones (excluding diaryl/α,β-unsaturated/α-hetero) is 1. The molecule has 1 aliphatic carbocycles. The Kier molecular flexibility index (Phi) is 5.80. The summed E-state index contributed by atoms with van der Waals surface area (Å²) in [5, 5.41) is 0. The maximum absolute atomic E-state index is 13.0. The third kappa shape index (κ3) is 4.06. The lowest BCUT2D eigenvalue weighted by atomic mass is 9.93. The van der Waals surface area contributed by atoms with Gasteiger partial charge in [-0.15, -0.1) is 0 Å². The second-order valence-corrected chi connectivity index (χ2v) is 7.18. The Morgan fingerprint density at radius 2 is 2.17 bits per heavy atom. The van der Waals surface area contributed by atoms with Crippen molar-refractivity contribution < 1.29 is 33.0 Å². The highest BCUT2D eigenvalue weighted by atomic mass is 16.5. The molecule has 0 aromatic carbocycles. The fourth-order valence-electron chi connectivity index (χ4n) is 3.67. The average Bonchev–Trinajstić information content (AvgIpc) is 3.22. The molecule has 1 unspecified atom stereocenters. The van der Waals surface area contributed by atoms with Crippen LogP contribution in [0.4, 0.5) is 0 Å². The van der Waals surface area contributed by atoms with E-state index in [4.69, 9.17) is 13.9 Å². The van der Waals surface area contributed by atoms with Gasteiger partial charge in [0.15, 0.2) is 5.78 Å². The quantitative estimate of drug-likeness (QED) is 0.683. The molecule has 1 saturated heterocycles. The standard InChI is InChI=1S/C21H22N2O7/c1-27-21(26)13-7-14(9-22-8-13)29-11-15-10-23(5-6-28-15)20(25)16-12-30-18-4-2-3-17(24)19(16)18/h7-9,12,15H,2-6,10-11H2,1H3. The number of hydrogen-bond acceptors (Lipinski definition) is 8. The van der Waals surface area contributed by atoms with Crippen molar-refractivity contribution in [3.8, 4) is 5.75 Å². The summed E-state index contributed by atoms with van der Waals surface area (Å²) in [6.45, 7) is 1.27. The lowest BCUT2D eigenvalue weighted by Gasteiger charge is -2.32. The van der Waals surface area contributed by atoms with Crippen molar-refractivity contribution in [1.82, 2.24) is 9.88 Å². The number of esters is 1. The molecule has 9 nitrogen and oxygen atoms in total. The topological polar surface area (TPSA) is 108 Å². The van der Waals surface area contributed by atoms with E-state index in [0.717, 1.165) is 6.42 Å². The van der Waals surface area contributed by atoms with Crippen molar-refractivity contribution in [3.63, 3.8) is 0 Å². The van der Waals surface area contributed by atoms with Gasteiger partial charge in [0.05, 0.1) is 43.1 Å². The molecule has 1 fully saturated rings. The van der Waals surface area contributed by atoms with E-state index in [0.29, 0.717) is 55.2 Å². The number of carbonyl (C=O) groups excluding carboxylic acids is 3. The third-order valence-corrected chi connectivity index (χ3v) is 5.18. The number of aromatic nitrogens is 1. The Bertz CT molecular complexity index is 968. The number of aryl methyl sites for hydroxylation is 1. The first kappa shape index (κ1) is 20.1. The highest BCUT2D eigenvalue weighted by Gasteiger charge is 2.32. The van der Waals surface area contributed by atoms with E-state index in [-0.39, 0.29) is 30.0 Å². The molecule has 9 heteroatoms. The SMILES string of the molecule is COC(=O)c1cncc(OCC2CN(C(=O)c3coc4c3C(=O)CCC4)CCO2)c1. The molecule has 158 valence electrons. The Morgan fingerprint density at radius 1 is 1.30 bits per heavy atom. The molecule has 1 amide bonds. The minimum Gasteiger partial charge on any atom is -0.489 e. The van der Waals surface area contributed by atoms with Crippen molar-refractivity contribution in [3.05, 3.63) is 47.2 Å². The first-order valence-corrected chi connectivity index (χ1v) is 9.77. The number of nitrogens with zero attached hydrogens (tertiary/aromatic N) is 2. The van der Waals surface area contributed by atoms with Gasteiger partial charge in [-0.05, 0) is 12.5 Å². The Balaban J connectivity index is 1.39. The molecule has 2 aliphatic rings. The van der Waals surface area contributed by atoms with Crippen LogP contribution in [0.15, 0.2) is 29.1 Å². The van der Waals surface area contributed by atoms with E-state index in [1.54, 1.807) is 4.90 Å². The first-order valence-electron chi connectivity index (χ1n) is 9.77. The number of furan rings is 1. The lowest BCUT2D eigenvalue weighted by Crippen LogP contribution is -2.47. The summed E-state index contributed by atoms with van der Waals surface area (Å²) in [6, 6.07) is 1.54. The molecule has 0 N–H and O–H groups in total. The van der Waals surface area contributed by atoms with Gasteiger partial charge in [-0.25, -0.2) is 4.79 Å². The number of hydrogen-bond donors (Lipinski definition) is 0. The number of carbonyl (C=O) groups is 3. The van der Waals surface area contributed by atoms with E-state index in [9.17, 15) is 14.4 Å². The highest BCUT2D eigenvalue weighted by molar-refractivity contribution is 6.09. The zero-order chi connectivity index (χ0) is 21.1. The maximum Gasteiger partial charge on any atom is 0.339 e. The van der Waals surface area contributed by atoms with Gasteiger partial charge in [-0.3, -0.25) is 14.6 Å². The predicted molar refractivity (Wildman–Crippen MR) is 103 cm³/mol. The zero-order valence-corrected chi connectivity index (χ0v) is 16.6. The number of fused-ring (bicyclic) bond motifs is 1. The van der Waals surface area contributed by atoms with Crippen molar-refractivity contribution >= 4 is 17.7 Å². The zero-order valence-electron chi connectivity index (χ0n) is 16.6. The minimum absolute atomic E-state index is 0.0421. The number of rotatable bonds is 5. The average molecular weight is 414 g/mol. The predicted octanol–water partition coefficient (Wildman–Crippen LogP) is 1.90. The van der Waals surface area contributed by atoms with Gasteiger partial charge in [0.2, 0.25) is 0 Å². The molecule has 0 bridgehead atoms. The molecule has 3 heterocycles. The molecular formula is C21H22N2O7. The molecule has 0 saturated carbocycles. The normalized spacial score (nSPS) is 18.6. The molecule has 1 aliphatic heterocycles. The molecule has 30 heavy (non-hydrogen) atoms. The molecule has 2 aromatic heterocycles. The van der Waals surface area contributed by atoms with Gasteiger partial charge >= 0.3 is 5.97 Å². The summed E-state index contributed by atoms with van der Waals surface area (Å²) in [5.74, 6) is 0.217. The lowest BCUT2D eigenvalue weighted by molar-refractivity contribution is -0.0402. The van der Waals surface area contributed by atoms with Gasteiger partial charge < -0.3 is 23.5 Å². The van der Waals surface area contributed by atoms with Crippen LogP contribution < -0.4 is 4.74 Å². The van der Waals surface area contributed by atoms with Crippen LogP contribution in [0.5, 0.6) is 5.75 Å². The third-order valence-electron chi connectivity index (χ3n) is 5.18. The number of morpholine rings is 1. The molecule has 2 aromatic rings. The monoisotopic (exact) mass is 414 g/mol. The number of ether oxygens (including phenoxy) is 3. The van der Waals surface area contributed by atoms with Crippen molar-refractivity contribution in [2.75, 3.05) is 33.4 Å². The molecule has 0 spiro atoms. The summed E-state index contributed by atoms with van der Waals surface area (Å²) < 4.78 is 21.6. The van der Waals surface area contributed by atoms with Crippen LogP contribution in [0.3, 0.4) is 0 Å². The van der Waals surface area contributed by atoms with Crippen LogP contribution >= 0.6 is 0 Å². The van der Waals surface area contributed by atoms with Gasteiger partial charge in [-0.1, -0.05) is 0 Å². The van der Waals surface area contributed by atoms with Crippen molar-refractivity contribution in [2.45, 2.75) is 25.4 Å². The number of methoxy groups -OCH3 is 1. The number of ketones is 1. The van der Waals surface area contributed by atoms with E-state index in [2.05, 4.69) is 9.72 Å². The highest BCUT2D eigenvalue weighted by Crippen LogP contribution is 2.27. The molecule has 1 atom stereocenters. The van der Waals surface area contributed by atoms with E-state index in [1.165, 1.54) is 31.8 Å². The van der Waals surface area contributed by atoms with Crippen LogP contribution in [0.25, 0.3) is 0 Å². The van der Waals surface area contributed by atoms with Crippen LogP contribution in [0.1, 0.15) is 49.7 Å². The molecular weight excluding hydrogens is 392 g/mol. The van der Waals surface area contributed by atoms with Crippen LogP contribution in [-0.4, -0.2) is 67.1 Å². The van der Waals surface area contributed by atoms with Crippen LogP contribution in [0.2, 0.25) is 0 Å². The van der Waals surface area contributed by atoms with Gasteiger partial charge in [0.1, 0.15) is 30.5 Å². The smallest absolute Gasteiger partial charge is 0.339 e. The fraction of sp³-hybridized carbons (Fsp3) is 0.429. The maximum atomic E-state index is 13.0. The minimum atomic E-state index is -0.503. The summed E-state index contributed by atoms with van der Waals surface area (Å²) >= 11 is 0. The van der Waals surface area contributed by atoms with E-state index in [1.807, 2.05) is 0 Å². The second kappa shape index (κ2) is 8.66. The summed E-state index contributed by atoms with van der Waals surface area (Å²) in [6.07, 6.45) is 5.77. The van der Waals surface area contributed by atoms with Crippen molar-refractivity contribution in [1.29, 1.82) is 0 Å². The Labute approximate surface area is 172 Å². The van der Waals surface area contributed by atoms with Crippen molar-refractivity contribution in [2.24, 2.45) is 0 Å². The van der Waals surface area contributed by atoms with Gasteiger partial charge in [-0.2, -0.15) is 0 Å². The van der Waals surface area contributed by atoms with E-state index >= 15 is 0 Å². The number of pyridine rings is 1. The molecule has 0 radical (unpaired) electrons. The largest absolute Gasteiger partial charge is 0.489 e.